The molecule has 152 valence electrons. The quantitative estimate of drug-likeness (QED) is 0.478. The van der Waals surface area contributed by atoms with Crippen LogP contribution in [0.1, 0.15) is 23.7 Å². The number of ether oxygens (including phenoxy) is 3. The number of benzene rings is 3. The molecular formula is C23H20N2O4S. The van der Waals surface area contributed by atoms with E-state index in [2.05, 4.69) is 16.5 Å². The molecule has 0 radical (unpaired) electrons. The number of amides is 1. The number of thiazole rings is 1. The van der Waals surface area contributed by atoms with Crippen molar-refractivity contribution in [1.82, 2.24) is 4.57 Å². The van der Waals surface area contributed by atoms with Crippen LogP contribution in [0.15, 0.2) is 53.5 Å². The van der Waals surface area contributed by atoms with Gasteiger partial charge in [-0.05, 0) is 29.3 Å². The van der Waals surface area contributed by atoms with Gasteiger partial charge in [-0.25, -0.2) is 0 Å². The molecule has 0 saturated carbocycles. The van der Waals surface area contributed by atoms with E-state index in [0.717, 1.165) is 45.5 Å². The molecule has 7 heteroatoms. The predicted octanol–water partition coefficient (Wildman–Crippen LogP) is 4.74. The lowest BCUT2D eigenvalue weighted by molar-refractivity contribution is 0.0995. The van der Waals surface area contributed by atoms with Crippen molar-refractivity contribution in [2.24, 2.45) is 4.99 Å². The first kappa shape index (κ1) is 18.7. The summed E-state index contributed by atoms with van der Waals surface area (Å²) in [6.07, 6.45) is 0.918. The molecule has 2 heterocycles. The molecule has 3 aromatic carbocycles. The third-order valence-electron chi connectivity index (χ3n) is 5.12. The predicted molar refractivity (Wildman–Crippen MR) is 117 cm³/mol. The number of carbonyl (C=O) groups excluding carboxylic acids is 1. The molecule has 5 rings (SSSR count). The number of aryl methyl sites for hydroxylation is 1. The average molecular weight is 420 g/mol. The second-order valence-corrected chi connectivity index (χ2v) is 8.04. The standard InChI is InChI=1S/C23H20N2O4S/c1-3-8-25-17-11-19-20(29-13-28-19)12-21(17)30-23(25)24-22(26)16-9-14-6-4-5-7-15(14)10-18(16)27-2/h4-7,9-12H,3,8,13H2,1-2H3. The van der Waals surface area contributed by atoms with Crippen LogP contribution in [0.4, 0.5) is 0 Å². The van der Waals surface area contributed by atoms with Crippen LogP contribution >= 0.6 is 11.3 Å². The Balaban J connectivity index is 1.66. The van der Waals surface area contributed by atoms with Crippen LogP contribution in [0.25, 0.3) is 21.0 Å². The summed E-state index contributed by atoms with van der Waals surface area (Å²) in [5, 5.41) is 1.99. The maximum absolute atomic E-state index is 13.2. The lowest BCUT2D eigenvalue weighted by Crippen LogP contribution is -2.17. The van der Waals surface area contributed by atoms with E-state index in [0.29, 0.717) is 16.1 Å². The van der Waals surface area contributed by atoms with Gasteiger partial charge in [0.1, 0.15) is 5.75 Å². The first-order chi connectivity index (χ1) is 14.7. The highest BCUT2D eigenvalue weighted by atomic mass is 32.1. The van der Waals surface area contributed by atoms with Gasteiger partial charge in [-0.15, -0.1) is 0 Å². The van der Waals surface area contributed by atoms with Crippen molar-refractivity contribution in [2.45, 2.75) is 19.9 Å². The Bertz CT molecular complexity index is 1350. The van der Waals surface area contributed by atoms with Crippen LogP contribution in [0, 0.1) is 0 Å². The summed E-state index contributed by atoms with van der Waals surface area (Å²) in [7, 11) is 1.57. The van der Waals surface area contributed by atoms with Gasteiger partial charge in [-0.1, -0.05) is 42.5 Å². The van der Waals surface area contributed by atoms with E-state index in [1.54, 1.807) is 7.11 Å². The highest BCUT2D eigenvalue weighted by Crippen LogP contribution is 2.37. The van der Waals surface area contributed by atoms with Gasteiger partial charge >= 0.3 is 0 Å². The SMILES string of the molecule is CCCn1c(=NC(=O)c2cc3ccccc3cc2OC)sc2cc3c(cc21)OCO3. The zero-order valence-electron chi connectivity index (χ0n) is 16.7. The summed E-state index contributed by atoms with van der Waals surface area (Å²) in [6, 6.07) is 15.5. The van der Waals surface area contributed by atoms with E-state index in [9.17, 15) is 4.79 Å². The maximum atomic E-state index is 13.2. The van der Waals surface area contributed by atoms with Crippen molar-refractivity contribution >= 4 is 38.2 Å². The number of carbonyl (C=O) groups is 1. The number of aromatic nitrogens is 1. The minimum absolute atomic E-state index is 0.234. The van der Waals surface area contributed by atoms with Gasteiger partial charge in [0.2, 0.25) is 6.79 Å². The third kappa shape index (κ3) is 3.11. The van der Waals surface area contributed by atoms with Gasteiger partial charge in [-0.3, -0.25) is 4.79 Å². The normalized spacial score (nSPS) is 13.3. The fourth-order valence-corrected chi connectivity index (χ4v) is 4.75. The van der Waals surface area contributed by atoms with Crippen molar-refractivity contribution in [1.29, 1.82) is 0 Å². The first-order valence-corrected chi connectivity index (χ1v) is 10.6. The van der Waals surface area contributed by atoms with Gasteiger partial charge < -0.3 is 18.8 Å². The lowest BCUT2D eigenvalue weighted by atomic mass is 10.1. The highest BCUT2D eigenvalue weighted by molar-refractivity contribution is 7.16. The number of rotatable bonds is 4. The maximum Gasteiger partial charge on any atom is 0.283 e. The van der Waals surface area contributed by atoms with Crippen LogP contribution < -0.4 is 19.0 Å². The Morgan fingerprint density at radius 3 is 2.60 bits per heavy atom. The van der Waals surface area contributed by atoms with Crippen LogP contribution in [-0.2, 0) is 6.54 Å². The largest absolute Gasteiger partial charge is 0.496 e. The van der Waals surface area contributed by atoms with E-state index in [-0.39, 0.29) is 12.7 Å². The molecule has 0 atom stereocenters. The number of hydrogen-bond donors (Lipinski definition) is 0. The van der Waals surface area contributed by atoms with Gasteiger partial charge in [0.25, 0.3) is 5.91 Å². The lowest BCUT2D eigenvalue weighted by Gasteiger charge is -2.08. The molecule has 0 spiro atoms. The summed E-state index contributed by atoms with van der Waals surface area (Å²) < 4.78 is 19.6. The fraction of sp³-hybridized carbons (Fsp3) is 0.217. The number of hydrogen-bond acceptors (Lipinski definition) is 5. The number of nitrogens with zero attached hydrogens (tertiary/aromatic N) is 2. The molecular weight excluding hydrogens is 400 g/mol. The van der Waals surface area contributed by atoms with E-state index >= 15 is 0 Å². The van der Waals surface area contributed by atoms with Gasteiger partial charge in [0.05, 0.1) is 22.9 Å². The summed E-state index contributed by atoms with van der Waals surface area (Å²) in [5.41, 5.74) is 1.44. The smallest absolute Gasteiger partial charge is 0.283 e. The molecule has 1 aliphatic rings. The van der Waals surface area contributed by atoms with Crippen molar-refractivity contribution in [3.8, 4) is 17.2 Å². The number of fused-ring (bicyclic) bond motifs is 3. The van der Waals surface area contributed by atoms with E-state index in [1.165, 1.54) is 11.3 Å². The summed E-state index contributed by atoms with van der Waals surface area (Å²) >= 11 is 1.47. The molecule has 1 amide bonds. The van der Waals surface area contributed by atoms with Gasteiger partial charge in [0.15, 0.2) is 16.3 Å². The van der Waals surface area contributed by atoms with Crippen molar-refractivity contribution < 1.29 is 19.0 Å². The van der Waals surface area contributed by atoms with Crippen molar-refractivity contribution in [3.05, 3.63) is 58.9 Å². The summed E-state index contributed by atoms with van der Waals surface area (Å²) in [6.45, 7) is 3.08. The van der Waals surface area contributed by atoms with E-state index in [4.69, 9.17) is 14.2 Å². The molecule has 0 N–H and O–H groups in total. The molecule has 0 unspecified atom stereocenters. The van der Waals surface area contributed by atoms with Crippen LogP contribution in [-0.4, -0.2) is 24.4 Å². The monoisotopic (exact) mass is 420 g/mol. The molecule has 30 heavy (non-hydrogen) atoms. The average Bonchev–Trinajstić information content (AvgIpc) is 3.35. The Kier molecular flexibility index (Phi) is 4.67. The molecule has 0 bridgehead atoms. The molecule has 4 aromatic rings. The number of methoxy groups -OCH3 is 1. The highest BCUT2D eigenvalue weighted by Gasteiger charge is 2.19. The minimum Gasteiger partial charge on any atom is -0.496 e. The topological polar surface area (TPSA) is 62.1 Å². The van der Waals surface area contributed by atoms with Gasteiger partial charge in [0, 0.05) is 18.7 Å². The zero-order valence-corrected chi connectivity index (χ0v) is 17.5. The Morgan fingerprint density at radius 1 is 1.13 bits per heavy atom. The van der Waals surface area contributed by atoms with Crippen molar-refractivity contribution in [3.63, 3.8) is 0 Å². The molecule has 6 nitrogen and oxygen atoms in total. The van der Waals surface area contributed by atoms with Crippen LogP contribution in [0.2, 0.25) is 0 Å². The van der Waals surface area contributed by atoms with Crippen molar-refractivity contribution in [2.75, 3.05) is 13.9 Å². The second kappa shape index (κ2) is 7.50. The summed E-state index contributed by atoms with van der Waals surface area (Å²) in [5.74, 6) is 1.64. The van der Waals surface area contributed by atoms with E-state index in [1.807, 2.05) is 48.5 Å². The Morgan fingerprint density at radius 2 is 1.87 bits per heavy atom. The molecule has 0 saturated heterocycles. The van der Waals surface area contributed by atoms with E-state index < -0.39 is 0 Å². The molecule has 0 aliphatic carbocycles. The Hall–Kier alpha value is -3.32. The van der Waals surface area contributed by atoms with Crippen LogP contribution in [0.3, 0.4) is 0 Å². The molecule has 1 aliphatic heterocycles. The zero-order chi connectivity index (χ0) is 20.7. The molecule has 1 aromatic heterocycles. The Labute approximate surface area is 177 Å². The van der Waals surface area contributed by atoms with Gasteiger partial charge in [-0.2, -0.15) is 4.99 Å². The molecule has 0 fully saturated rings. The van der Waals surface area contributed by atoms with Crippen LogP contribution in [0.5, 0.6) is 17.2 Å². The second-order valence-electron chi connectivity index (χ2n) is 7.03. The minimum atomic E-state index is -0.325. The first-order valence-electron chi connectivity index (χ1n) is 9.76. The summed E-state index contributed by atoms with van der Waals surface area (Å²) in [4.78, 5) is 18.3. The fourth-order valence-electron chi connectivity index (χ4n) is 3.69. The third-order valence-corrected chi connectivity index (χ3v) is 6.16.